The van der Waals surface area contributed by atoms with E-state index in [4.69, 9.17) is 15.2 Å². The van der Waals surface area contributed by atoms with Crippen LogP contribution in [0.4, 0.5) is 5.95 Å². The Bertz CT molecular complexity index is 798. The van der Waals surface area contributed by atoms with Gasteiger partial charge in [-0.2, -0.15) is 4.98 Å². The van der Waals surface area contributed by atoms with E-state index in [2.05, 4.69) is 15.0 Å². The van der Waals surface area contributed by atoms with Crippen molar-refractivity contribution in [2.75, 3.05) is 12.3 Å². The number of nitrogen functional groups attached to an aromatic ring is 1. The lowest BCUT2D eigenvalue weighted by atomic mass is 9.96. The number of imidazole rings is 1. The van der Waals surface area contributed by atoms with Crippen molar-refractivity contribution in [2.24, 2.45) is 0 Å². The molecule has 0 amide bonds. The fraction of sp³-hybridized carbons (Fsp3) is 0.643. The van der Waals surface area contributed by atoms with Crippen LogP contribution in [0.2, 0.25) is 0 Å². The number of aromatic amines is 1. The normalized spacial score (nSPS) is 30.5. The summed E-state index contributed by atoms with van der Waals surface area (Å²) in [6, 6.07) is 0. The van der Waals surface area contributed by atoms with Crippen molar-refractivity contribution >= 4 is 17.1 Å². The molecule has 1 fully saturated rings. The molecule has 3 rings (SSSR count). The molecule has 2 aromatic heterocycles. The van der Waals surface area contributed by atoms with E-state index in [0.717, 1.165) is 0 Å². The van der Waals surface area contributed by atoms with Crippen molar-refractivity contribution in [3.8, 4) is 0 Å². The molecule has 3 heterocycles. The Kier molecular flexibility index (Phi) is 4.08. The maximum atomic E-state index is 11.9. The summed E-state index contributed by atoms with van der Waals surface area (Å²) < 4.78 is 12.6. The number of nitrogens with zero attached hydrogens (tertiary/aromatic N) is 3. The number of anilines is 1. The molecule has 5 N–H and O–H groups in total. The lowest BCUT2D eigenvalue weighted by Crippen LogP contribution is -2.44. The zero-order chi connectivity index (χ0) is 17.6. The highest BCUT2D eigenvalue weighted by atomic mass is 16.6. The lowest BCUT2D eigenvalue weighted by Gasteiger charge is -2.27. The van der Waals surface area contributed by atoms with Gasteiger partial charge >= 0.3 is 0 Å². The predicted molar refractivity (Wildman–Crippen MR) is 84.2 cm³/mol. The molecular weight excluding hydrogens is 318 g/mol. The van der Waals surface area contributed by atoms with Crippen LogP contribution in [0.5, 0.6) is 0 Å². The number of hydrogen-bond donors (Lipinski definition) is 4. The minimum atomic E-state index is -1.63. The van der Waals surface area contributed by atoms with Gasteiger partial charge in [0.25, 0.3) is 5.56 Å². The number of nitrogens with two attached hydrogens (primary N) is 1. The molecule has 10 heteroatoms. The molecular formula is C14H21N5O5. The van der Waals surface area contributed by atoms with E-state index in [1.165, 1.54) is 17.8 Å². The molecule has 0 saturated carbocycles. The van der Waals surface area contributed by atoms with Crippen molar-refractivity contribution < 1.29 is 19.7 Å². The first-order chi connectivity index (χ1) is 11.2. The van der Waals surface area contributed by atoms with Crippen LogP contribution in [0.25, 0.3) is 11.2 Å². The molecule has 1 aliphatic heterocycles. The van der Waals surface area contributed by atoms with Crippen LogP contribution in [0, 0.1) is 0 Å². The topological polar surface area (TPSA) is 149 Å². The van der Waals surface area contributed by atoms with Crippen LogP contribution in [0.1, 0.15) is 27.0 Å². The van der Waals surface area contributed by atoms with Crippen LogP contribution >= 0.6 is 0 Å². The van der Waals surface area contributed by atoms with Crippen LogP contribution in [0.3, 0.4) is 0 Å². The monoisotopic (exact) mass is 339 g/mol. The number of aliphatic hydroxyl groups is 2. The van der Waals surface area contributed by atoms with E-state index in [1.54, 1.807) is 0 Å². The van der Waals surface area contributed by atoms with Crippen molar-refractivity contribution in [1.82, 2.24) is 19.5 Å². The van der Waals surface area contributed by atoms with Gasteiger partial charge in [-0.15, -0.1) is 0 Å². The second kappa shape index (κ2) is 5.81. The molecule has 0 aromatic carbocycles. The number of ether oxygens (including phenoxy) is 2. The Hall–Kier alpha value is -2.01. The van der Waals surface area contributed by atoms with Crippen LogP contribution in [0.15, 0.2) is 11.1 Å². The third-order valence-corrected chi connectivity index (χ3v) is 4.05. The summed E-state index contributed by atoms with van der Waals surface area (Å²) in [5, 5.41) is 21.1. The molecule has 2 aromatic rings. The number of fused-ring (bicyclic) bond motifs is 1. The van der Waals surface area contributed by atoms with E-state index >= 15 is 0 Å². The lowest BCUT2D eigenvalue weighted by molar-refractivity contribution is -0.0977. The van der Waals surface area contributed by atoms with E-state index in [0.29, 0.717) is 0 Å². The fourth-order valence-corrected chi connectivity index (χ4v) is 2.78. The fourth-order valence-electron chi connectivity index (χ4n) is 2.78. The third kappa shape index (κ3) is 2.67. The number of aromatic nitrogens is 4. The average molecular weight is 339 g/mol. The van der Waals surface area contributed by atoms with E-state index in [-0.39, 0.29) is 29.8 Å². The summed E-state index contributed by atoms with van der Waals surface area (Å²) >= 11 is 0. The maximum absolute atomic E-state index is 11.9. The van der Waals surface area contributed by atoms with Gasteiger partial charge in [0.05, 0.1) is 19.0 Å². The van der Waals surface area contributed by atoms with Crippen LogP contribution in [-0.4, -0.2) is 60.3 Å². The largest absolute Gasteiger partial charge is 0.387 e. The standard InChI is InChI=1S/C14H21N5O5/c1-6(2)23-4-7-9(20)14(3,22)12(24-7)19-5-16-8-10(19)17-13(15)18-11(8)21/h5-7,9,12,20,22H,4H2,1-3H3,(H3,15,17,18,21)/t7-,9-,12-,14-/m1/s1. The average Bonchev–Trinajstić information content (AvgIpc) is 2.98. The smallest absolute Gasteiger partial charge is 0.280 e. The highest BCUT2D eigenvalue weighted by Crippen LogP contribution is 2.39. The van der Waals surface area contributed by atoms with Crippen molar-refractivity contribution in [1.29, 1.82) is 0 Å². The predicted octanol–water partition coefficient (Wildman–Crippen LogP) is -0.864. The van der Waals surface area contributed by atoms with Gasteiger partial charge in [0.2, 0.25) is 5.95 Å². The SMILES string of the molecule is CC(C)OC[C@H]1O[C@@H](n2cnc3c(=O)[nH]c(N)nc32)[C@](C)(O)[C@@H]1O. The van der Waals surface area contributed by atoms with Gasteiger partial charge in [-0.05, 0) is 20.8 Å². The highest BCUT2D eigenvalue weighted by molar-refractivity contribution is 5.70. The van der Waals surface area contributed by atoms with Gasteiger partial charge in [0.1, 0.15) is 17.8 Å². The molecule has 0 radical (unpaired) electrons. The molecule has 0 aliphatic carbocycles. The quantitative estimate of drug-likeness (QED) is 0.562. The summed E-state index contributed by atoms with van der Waals surface area (Å²) in [7, 11) is 0. The number of H-pyrrole nitrogens is 1. The molecule has 0 unspecified atom stereocenters. The minimum Gasteiger partial charge on any atom is -0.387 e. The molecule has 0 spiro atoms. The Morgan fingerprint density at radius 3 is 2.96 bits per heavy atom. The number of aliphatic hydroxyl groups excluding tert-OH is 1. The molecule has 1 aliphatic rings. The Morgan fingerprint density at radius 2 is 2.29 bits per heavy atom. The van der Waals surface area contributed by atoms with E-state index < -0.39 is 29.6 Å². The Morgan fingerprint density at radius 1 is 1.58 bits per heavy atom. The molecule has 132 valence electrons. The summed E-state index contributed by atoms with van der Waals surface area (Å²) in [6.45, 7) is 5.28. The second-order valence-electron chi connectivity index (χ2n) is 6.35. The van der Waals surface area contributed by atoms with Gasteiger partial charge < -0.3 is 25.4 Å². The van der Waals surface area contributed by atoms with Crippen molar-refractivity contribution in [3.63, 3.8) is 0 Å². The summed E-state index contributed by atoms with van der Waals surface area (Å²) in [5.74, 6) is -0.0767. The minimum absolute atomic E-state index is 0.0427. The summed E-state index contributed by atoms with van der Waals surface area (Å²) in [4.78, 5) is 22.3. The van der Waals surface area contributed by atoms with E-state index in [1.807, 2.05) is 13.8 Å². The van der Waals surface area contributed by atoms with Gasteiger partial charge in [-0.1, -0.05) is 0 Å². The molecule has 24 heavy (non-hydrogen) atoms. The zero-order valence-electron chi connectivity index (χ0n) is 13.6. The summed E-state index contributed by atoms with van der Waals surface area (Å²) in [5.41, 5.74) is 3.69. The Labute approximate surface area is 137 Å². The zero-order valence-corrected chi connectivity index (χ0v) is 13.6. The maximum Gasteiger partial charge on any atom is 0.280 e. The first-order valence-electron chi connectivity index (χ1n) is 7.61. The van der Waals surface area contributed by atoms with E-state index in [9.17, 15) is 15.0 Å². The Balaban J connectivity index is 1.98. The van der Waals surface area contributed by atoms with Crippen molar-refractivity contribution in [2.45, 2.75) is 50.9 Å². The molecule has 1 saturated heterocycles. The van der Waals surface area contributed by atoms with Gasteiger partial charge in [-0.3, -0.25) is 14.3 Å². The molecule has 10 nitrogen and oxygen atoms in total. The van der Waals surface area contributed by atoms with Gasteiger partial charge in [-0.25, -0.2) is 4.98 Å². The first-order valence-corrected chi connectivity index (χ1v) is 7.61. The van der Waals surface area contributed by atoms with Crippen LogP contribution < -0.4 is 11.3 Å². The summed E-state index contributed by atoms with van der Waals surface area (Å²) in [6.07, 6.45) is -1.63. The molecule has 0 bridgehead atoms. The second-order valence-corrected chi connectivity index (χ2v) is 6.35. The first kappa shape index (κ1) is 16.8. The number of hydrogen-bond acceptors (Lipinski definition) is 8. The number of nitrogens with one attached hydrogen (secondary N) is 1. The van der Waals surface area contributed by atoms with Crippen molar-refractivity contribution in [3.05, 3.63) is 16.7 Å². The van der Waals surface area contributed by atoms with Gasteiger partial charge in [0, 0.05) is 0 Å². The number of rotatable bonds is 4. The van der Waals surface area contributed by atoms with Crippen LogP contribution in [-0.2, 0) is 9.47 Å². The highest BCUT2D eigenvalue weighted by Gasteiger charge is 2.53. The van der Waals surface area contributed by atoms with Gasteiger partial charge in [0.15, 0.2) is 17.4 Å². The molecule has 4 atom stereocenters. The third-order valence-electron chi connectivity index (χ3n) is 4.05.